The molecule has 0 bridgehead atoms. The Kier molecular flexibility index (Phi) is 3.81. The first-order valence-electron chi connectivity index (χ1n) is 6.66. The predicted octanol–water partition coefficient (Wildman–Crippen LogP) is 2.51. The topological polar surface area (TPSA) is 38.5 Å². The van der Waals surface area contributed by atoms with Gasteiger partial charge in [0.1, 0.15) is 5.75 Å². The molecule has 0 saturated carbocycles. The molecule has 1 heterocycles. The van der Waals surface area contributed by atoms with Crippen molar-refractivity contribution in [2.24, 2.45) is 17.1 Å². The van der Waals surface area contributed by atoms with E-state index >= 15 is 0 Å². The van der Waals surface area contributed by atoms with Gasteiger partial charge in [0.15, 0.2) is 0 Å². The summed E-state index contributed by atoms with van der Waals surface area (Å²) in [6.07, 6.45) is 1.18. The minimum absolute atomic E-state index is 0.285. The molecule has 0 aliphatic carbocycles. The molecule has 0 aromatic heterocycles. The summed E-state index contributed by atoms with van der Waals surface area (Å²) in [5, 5.41) is 0. The molecule has 1 saturated heterocycles. The van der Waals surface area contributed by atoms with Crippen molar-refractivity contribution >= 4 is 5.69 Å². The highest BCUT2D eigenvalue weighted by molar-refractivity contribution is 5.49. The molecule has 2 N–H and O–H groups in total. The Morgan fingerprint density at radius 1 is 1.33 bits per heavy atom. The molecule has 2 rings (SSSR count). The highest BCUT2D eigenvalue weighted by Crippen LogP contribution is 2.36. The van der Waals surface area contributed by atoms with Crippen LogP contribution < -0.4 is 15.4 Å². The summed E-state index contributed by atoms with van der Waals surface area (Å²) in [5.74, 6) is 1.54. The predicted molar refractivity (Wildman–Crippen MR) is 76.1 cm³/mol. The fraction of sp³-hybridized carbons (Fsp3) is 0.600. The Labute approximate surface area is 110 Å². The zero-order valence-electron chi connectivity index (χ0n) is 11.6. The highest BCUT2D eigenvalue weighted by atomic mass is 16.5. The number of rotatable bonds is 3. The van der Waals surface area contributed by atoms with Crippen molar-refractivity contribution in [1.29, 1.82) is 0 Å². The third-order valence-corrected chi connectivity index (χ3v) is 4.17. The van der Waals surface area contributed by atoms with Crippen LogP contribution in [-0.4, -0.2) is 26.7 Å². The summed E-state index contributed by atoms with van der Waals surface area (Å²) < 4.78 is 5.20. The van der Waals surface area contributed by atoms with Gasteiger partial charge in [0, 0.05) is 18.8 Å². The summed E-state index contributed by atoms with van der Waals surface area (Å²) in [6, 6.07) is 8.32. The van der Waals surface area contributed by atoms with E-state index in [4.69, 9.17) is 10.5 Å². The van der Waals surface area contributed by atoms with Gasteiger partial charge in [-0.15, -0.1) is 0 Å². The molecule has 1 atom stereocenters. The molecule has 0 radical (unpaired) electrons. The van der Waals surface area contributed by atoms with Crippen LogP contribution in [-0.2, 0) is 0 Å². The molecule has 3 nitrogen and oxygen atoms in total. The lowest BCUT2D eigenvalue weighted by Crippen LogP contribution is -2.48. The molecule has 1 aliphatic heterocycles. The van der Waals surface area contributed by atoms with Gasteiger partial charge in [0.2, 0.25) is 0 Å². The van der Waals surface area contributed by atoms with Gasteiger partial charge in [-0.2, -0.15) is 0 Å². The van der Waals surface area contributed by atoms with E-state index in [1.54, 1.807) is 7.11 Å². The lowest BCUT2D eigenvalue weighted by atomic mass is 9.74. The van der Waals surface area contributed by atoms with Crippen molar-refractivity contribution in [3.8, 4) is 5.75 Å². The Hall–Kier alpha value is -1.22. The number of ether oxygens (including phenoxy) is 1. The maximum absolute atomic E-state index is 5.87. The fourth-order valence-corrected chi connectivity index (χ4v) is 2.85. The van der Waals surface area contributed by atoms with Crippen molar-refractivity contribution in [2.45, 2.75) is 20.3 Å². The molecule has 18 heavy (non-hydrogen) atoms. The molecule has 3 heteroatoms. The minimum Gasteiger partial charge on any atom is -0.497 e. The highest BCUT2D eigenvalue weighted by Gasteiger charge is 2.34. The number of nitrogens with zero attached hydrogens (tertiary/aromatic N) is 1. The Balaban J connectivity index is 2.10. The summed E-state index contributed by atoms with van der Waals surface area (Å²) in [7, 11) is 1.70. The lowest BCUT2D eigenvalue weighted by Gasteiger charge is -2.45. The van der Waals surface area contributed by atoms with E-state index in [0.717, 1.165) is 25.4 Å². The van der Waals surface area contributed by atoms with Gasteiger partial charge in [-0.25, -0.2) is 0 Å². The molecule has 1 aromatic carbocycles. The van der Waals surface area contributed by atoms with Crippen LogP contribution in [0.25, 0.3) is 0 Å². The smallest absolute Gasteiger partial charge is 0.119 e. The zero-order chi connectivity index (χ0) is 13.2. The molecule has 0 spiro atoms. The maximum atomic E-state index is 5.87. The number of anilines is 1. The van der Waals surface area contributed by atoms with Crippen molar-refractivity contribution < 1.29 is 4.74 Å². The number of benzene rings is 1. The van der Waals surface area contributed by atoms with Gasteiger partial charge in [-0.05, 0) is 48.6 Å². The summed E-state index contributed by atoms with van der Waals surface area (Å²) in [6.45, 7) is 7.60. The van der Waals surface area contributed by atoms with Crippen LogP contribution in [0.1, 0.15) is 20.3 Å². The molecular formula is C15H24N2O. The van der Waals surface area contributed by atoms with E-state index in [9.17, 15) is 0 Å². The molecular weight excluding hydrogens is 224 g/mol. The average Bonchev–Trinajstić information content (AvgIpc) is 2.37. The lowest BCUT2D eigenvalue weighted by molar-refractivity contribution is 0.182. The fourth-order valence-electron chi connectivity index (χ4n) is 2.85. The van der Waals surface area contributed by atoms with Crippen molar-refractivity contribution in [1.82, 2.24) is 0 Å². The van der Waals surface area contributed by atoms with Gasteiger partial charge >= 0.3 is 0 Å². The van der Waals surface area contributed by atoms with Crippen molar-refractivity contribution in [2.75, 3.05) is 31.6 Å². The van der Waals surface area contributed by atoms with Crippen molar-refractivity contribution in [3.05, 3.63) is 24.3 Å². The van der Waals surface area contributed by atoms with Gasteiger partial charge in [0.05, 0.1) is 7.11 Å². The van der Waals surface area contributed by atoms with E-state index in [1.807, 2.05) is 12.1 Å². The number of hydrogen-bond donors (Lipinski definition) is 1. The van der Waals surface area contributed by atoms with Gasteiger partial charge < -0.3 is 15.4 Å². The first-order valence-corrected chi connectivity index (χ1v) is 6.66. The molecule has 1 fully saturated rings. The summed E-state index contributed by atoms with van der Waals surface area (Å²) >= 11 is 0. The van der Waals surface area contributed by atoms with Crippen LogP contribution in [0.5, 0.6) is 5.75 Å². The van der Waals surface area contributed by atoms with Crippen LogP contribution in [0.15, 0.2) is 24.3 Å². The standard InChI is InChI=1S/C15H24N2O/c1-15(2)11-17(9-8-12(15)10-16)13-4-6-14(18-3)7-5-13/h4-7,12H,8-11,16H2,1-3H3. The largest absolute Gasteiger partial charge is 0.497 e. The number of nitrogens with two attached hydrogens (primary N) is 1. The SMILES string of the molecule is COc1ccc(N2CCC(CN)C(C)(C)C2)cc1. The Morgan fingerprint density at radius 3 is 2.50 bits per heavy atom. The normalized spacial score (nSPS) is 22.9. The number of piperidine rings is 1. The quantitative estimate of drug-likeness (QED) is 0.893. The first kappa shape index (κ1) is 13.2. The molecule has 1 aromatic rings. The van der Waals surface area contributed by atoms with Gasteiger partial charge in [-0.1, -0.05) is 13.8 Å². The van der Waals surface area contributed by atoms with Crippen LogP contribution in [0.2, 0.25) is 0 Å². The van der Waals surface area contributed by atoms with Crippen molar-refractivity contribution in [3.63, 3.8) is 0 Å². The second-order valence-corrected chi connectivity index (χ2v) is 5.83. The number of hydrogen-bond acceptors (Lipinski definition) is 3. The monoisotopic (exact) mass is 248 g/mol. The number of methoxy groups -OCH3 is 1. The van der Waals surface area contributed by atoms with Crippen LogP contribution >= 0.6 is 0 Å². The Morgan fingerprint density at radius 2 is 2.00 bits per heavy atom. The van der Waals surface area contributed by atoms with E-state index in [2.05, 4.69) is 30.9 Å². The van der Waals surface area contributed by atoms with Gasteiger partial charge in [0.25, 0.3) is 0 Å². The summed E-state index contributed by atoms with van der Waals surface area (Å²) in [5.41, 5.74) is 7.43. The maximum Gasteiger partial charge on any atom is 0.119 e. The average molecular weight is 248 g/mol. The third-order valence-electron chi connectivity index (χ3n) is 4.17. The third kappa shape index (κ3) is 2.61. The van der Waals surface area contributed by atoms with Crippen LogP contribution in [0.4, 0.5) is 5.69 Å². The molecule has 1 unspecified atom stereocenters. The van der Waals surface area contributed by atoms with E-state index in [1.165, 1.54) is 12.1 Å². The summed E-state index contributed by atoms with van der Waals surface area (Å²) in [4.78, 5) is 2.45. The first-order chi connectivity index (χ1) is 8.56. The minimum atomic E-state index is 0.285. The molecule has 1 aliphatic rings. The molecule has 100 valence electrons. The van der Waals surface area contributed by atoms with E-state index < -0.39 is 0 Å². The zero-order valence-corrected chi connectivity index (χ0v) is 11.6. The van der Waals surface area contributed by atoms with Gasteiger partial charge in [-0.3, -0.25) is 0 Å². The van der Waals surface area contributed by atoms with Crippen LogP contribution in [0.3, 0.4) is 0 Å². The molecule has 0 amide bonds. The van der Waals surface area contributed by atoms with Crippen LogP contribution in [0, 0.1) is 11.3 Å². The van der Waals surface area contributed by atoms with E-state index in [-0.39, 0.29) is 5.41 Å². The second-order valence-electron chi connectivity index (χ2n) is 5.83. The van der Waals surface area contributed by atoms with E-state index in [0.29, 0.717) is 5.92 Å². The second kappa shape index (κ2) is 5.19. The Bertz CT molecular complexity index is 386.